The molecule has 2 heterocycles. The molecule has 4 aromatic carbocycles. The Labute approximate surface area is 311 Å². The number of rotatable bonds is 13. The lowest BCUT2D eigenvalue weighted by Gasteiger charge is -2.21. The molecule has 13 nitrogen and oxygen atoms in total. The minimum Gasteiger partial charge on any atom is -0.478 e. The number of sulfonamides is 1. The number of pyridine rings is 2. The summed E-state index contributed by atoms with van der Waals surface area (Å²) in [6.07, 6.45) is 6.52. The summed E-state index contributed by atoms with van der Waals surface area (Å²) >= 11 is 0. The average molecular weight is 764 g/mol. The van der Waals surface area contributed by atoms with Crippen LogP contribution in [0.25, 0.3) is 22.3 Å². The molecule has 54 heavy (non-hydrogen) atoms. The van der Waals surface area contributed by atoms with E-state index in [1.54, 1.807) is 61.2 Å². The highest BCUT2D eigenvalue weighted by Crippen LogP contribution is 2.36. The fourth-order valence-corrected chi connectivity index (χ4v) is 8.32. The molecule has 0 aliphatic carbocycles. The summed E-state index contributed by atoms with van der Waals surface area (Å²) < 4.78 is 57.5. The Bertz CT molecular complexity index is 2440. The SMILES string of the molecule is Cc1cc(NNc2cc(C)c(-c3cccnc3)cc2NS(=O)(=O)c2cccc(C(=O)O)c2)c(CS(=O)(=O)c2cccc(C(=O)O)c2)cc1-c1cccnc1. The van der Waals surface area contributed by atoms with Gasteiger partial charge in [0.05, 0.1) is 43.7 Å². The largest absolute Gasteiger partial charge is 0.478 e. The number of nitrogens with one attached hydrogen (secondary N) is 3. The molecule has 0 radical (unpaired) electrons. The molecule has 0 amide bonds. The Morgan fingerprint density at radius 2 is 1.13 bits per heavy atom. The van der Waals surface area contributed by atoms with Gasteiger partial charge >= 0.3 is 11.9 Å². The molecule has 0 unspecified atom stereocenters. The van der Waals surface area contributed by atoms with Gasteiger partial charge in [-0.15, -0.1) is 0 Å². The number of nitrogens with zero attached hydrogens (tertiary/aromatic N) is 2. The number of carboxylic acids is 2. The highest BCUT2D eigenvalue weighted by molar-refractivity contribution is 7.92. The van der Waals surface area contributed by atoms with Gasteiger partial charge in [0.25, 0.3) is 10.0 Å². The van der Waals surface area contributed by atoms with Crippen molar-refractivity contribution in [3.05, 3.63) is 150 Å². The number of hydrogen-bond donors (Lipinski definition) is 5. The van der Waals surface area contributed by atoms with Gasteiger partial charge in [-0.25, -0.2) is 26.4 Å². The van der Waals surface area contributed by atoms with Crippen LogP contribution in [0.1, 0.15) is 37.4 Å². The minimum atomic E-state index is -4.33. The molecular formula is C39H33N5O8S2. The predicted molar refractivity (Wildman–Crippen MR) is 205 cm³/mol. The van der Waals surface area contributed by atoms with Crippen LogP contribution < -0.4 is 15.6 Å². The van der Waals surface area contributed by atoms with E-state index in [9.17, 15) is 36.6 Å². The first-order chi connectivity index (χ1) is 25.7. The van der Waals surface area contributed by atoms with E-state index in [-0.39, 0.29) is 32.3 Å². The summed E-state index contributed by atoms with van der Waals surface area (Å²) in [6.45, 7) is 3.68. The topological polar surface area (TPSA) is 205 Å². The zero-order valence-electron chi connectivity index (χ0n) is 28.8. The van der Waals surface area contributed by atoms with Crippen molar-refractivity contribution in [2.45, 2.75) is 29.4 Å². The third-order valence-electron chi connectivity index (χ3n) is 8.51. The number of hydrogen-bond acceptors (Lipinski definition) is 10. The van der Waals surface area contributed by atoms with Crippen molar-refractivity contribution in [3.63, 3.8) is 0 Å². The second kappa shape index (κ2) is 15.2. The van der Waals surface area contributed by atoms with Gasteiger partial charge in [0.2, 0.25) is 0 Å². The van der Waals surface area contributed by atoms with Crippen LogP contribution in [-0.4, -0.2) is 49.0 Å². The monoisotopic (exact) mass is 763 g/mol. The average Bonchev–Trinajstić information content (AvgIpc) is 3.16. The van der Waals surface area contributed by atoms with Crippen LogP contribution in [0.5, 0.6) is 0 Å². The van der Waals surface area contributed by atoms with Gasteiger partial charge in [0.15, 0.2) is 9.84 Å². The number of carboxylic acid groups (broad SMARTS) is 2. The number of hydrazine groups is 1. The van der Waals surface area contributed by atoms with Gasteiger partial charge in [-0.2, -0.15) is 0 Å². The molecule has 0 aliphatic rings. The van der Waals surface area contributed by atoms with Crippen molar-refractivity contribution in [2.24, 2.45) is 0 Å². The molecule has 6 rings (SSSR count). The fraction of sp³-hybridized carbons (Fsp3) is 0.0769. The van der Waals surface area contributed by atoms with Crippen LogP contribution >= 0.6 is 0 Å². The standard InChI is InChI=1S/C39H33N5O8S2/c1-24-15-35(30(19-33(24)28-9-5-13-40-21-28)23-53(49,50)31-11-3-7-26(17-31)38(45)46)42-43-36-16-25(2)34(29-10-6-14-41-22-29)20-37(36)44-54(51,52)32-12-4-8-27(18-32)39(47)48/h3-22,42-44H,23H2,1-2H3,(H,45,46)(H,47,48). The van der Waals surface area contributed by atoms with Crippen molar-refractivity contribution in [1.29, 1.82) is 0 Å². The Balaban J connectivity index is 1.42. The van der Waals surface area contributed by atoms with Gasteiger partial charge in [-0.1, -0.05) is 24.3 Å². The molecule has 0 saturated carbocycles. The van der Waals surface area contributed by atoms with E-state index in [1.165, 1.54) is 36.4 Å². The van der Waals surface area contributed by atoms with E-state index in [2.05, 4.69) is 25.5 Å². The highest BCUT2D eigenvalue weighted by Gasteiger charge is 2.23. The zero-order valence-corrected chi connectivity index (χ0v) is 30.4. The number of anilines is 3. The van der Waals surface area contributed by atoms with E-state index in [1.807, 2.05) is 26.0 Å². The van der Waals surface area contributed by atoms with Crippen molar-refractivity contribution >= 4 is 48.9 Å². The van der Waals surface area contributed by atoms with Crippen LogP contribution in [0.4, 0.5) is 17.1 Å². The lowest BCUT2D eigenvalue weighted by atomic mass is 9.98. The van der Waals surface area contributed by atoms with Gasteiger partial charge in [0, 0.05) is 35.9 Å². The molecule has 6 aromatic rings. The van der Waals surface area contributed by atoms with Crippen molar-refractivity contribution < 1.29 is 36.6 Å². The first-order valence-corrected chi connectivity index (χ1v) is 19.4. The number of aromatic carboxylic acids is 2. The lowest BCUT2D eigenvalue weighted by Crippen LogP contribution is -2.18. The minimum absolute atomic E-state index is 0.0936. The predicted octanol–water partition coefficient (Wildman–Crippen LogP) is 7.04. The van der Waals surface area contributed by atoms with E-state index in [0.29, 0.717) is 27.9 Å². The molecule has 0 fully saturated rings. The molecular weight excluding hydrogens is 731 g/mol. The molecule has 5 N–H and O–H groups in total. The molecule has 15 heteroatoms. The van der Waals surface area contributed by atoms with Crippen molar-refractivity contribution in [2.75, 3.05) is 15.6 Å². The molecule has 0 spiro atoms. The molecule has 2 aromatic heterocycles. The zero-order chi connectivity index (χ0) is 38.6. The van der Waals surface area contributed by atoms with E-state index in [0.717, 1.165) is 28.8 Å². The number of sulfone groups is 1. The van der Waals surface area contributed by atoms with E-state index < -0.39 is 37.6 Å². The summed E-state index contributed by atoms with van der Waals surface area (Å²) in [7, 11) is -8.41. The third-order valence-corrected chi connectivity index (χ3v) is 11.5. The lowest BCUT2D eigenvalue weighted by molar-refractivity contribution is 0.0685. The summed E-state index contributed by atoms with van der Waals surface area (Å²) in [4.78, 5) is 31.2. The third kappa shape index (κ3) is 8.22. The van der Waals surface area contributed by atoms with Gasteiger partial charge < -0.3 is 15.6 Å². The van der Waals surface area contributed by atoms with Gasteiger partial charge in [0.1, 0.15) is 0 Å². The molecule has 0 aliphatic heterocycles. The number of aromatic nitrogens is 2. The molecule has 0 atom stereocenters. The van der Waals surface area contributed by atoms with Crippen molar-refractivity contribution in [3.8, 4) is 22.3 Å². The van der Waals surface area contributed by atoms with Gasteiger partial charge in [-0.3, -0.25) is 20.1 Å². The molecule has 0 bridgehead atoms. The first kappa shape index (κ1) is 37.2. The number of carbonyl (C=O) groups is 2. The summed E-state index contributed by atoms with van der Waals surface area (Å²) in [5.74, 6) is -3.07. The van der Waals surface area contributed by atoms with Crippen LogP contribution in [0, 0.1) is 13.8 Å². The smallest absolute Gasteiger partial charge is 0.335 e. The number of benzene rings is 4. The van der Waals surface area contributed by atoms with E-state index in [4.69, 9.17) is 0 Å². The number of aryl methyl sites for hydroxylation is 2. The van der Waals surface area contributed by atoms with Gasteiger partial charge in [-0.05, 0) is 114 Å². The van der Waals surface area contributed by atoms with Crippen LogP contribution in [0.15, 0.2) is 132 Å². The Morgan fingerprint density at radius 3 is 1.69 bits per heavy atom. The Kier molecular flexibility index (Phi) is 10.5. The van der Waals surface area contributed by atoms with Crippen LogP contribution in [0.3, 0.4) is 0 Å². The Hall–Kier alpha value is -6.58. The maximum absolute atomic E-state index is 13.8. The normalized spacial score (nSPS) is 11.4. The Morgan fingerprint density at radius 1 is 0.611 bits per heavy atom. The maximum Gasteiger partial charge on any atom is 0.335 e. The summed E-state index contributed by atoms with van der Waals surface area (Å²) in [6, 6.07) is 24.0. The van der Waals surface area contributed by atoms with Crippen molar-refractivity contribution in [1.82, 2.24) is 9.97 Å². The fourth-order valence-electron chi connectivity index (χ4n) is 5.80. The molecule has 0 saturated heterocycles. The second-order valence-corrected chi connectivity index (χ2v) is 16.0. The van der Waals surface area contributed by atoms with E-state index >= 15 is 0 Å². The summed E-state index contributed by atoms with van der Waals surface area (Å²) in [5.41, 5.74) is 11.1. The second-order valence-electron chi connectivity index (χ2n) is 12.3. The quantitative estimate of drug-likeness (QED) is 0.0752. The summed E-state index contributed by atoms with van der Waals surface area (Å²) in [5, 5.41) is 19.0. The first-order valence-electron chi connectivity index (χ1n) is 16.2. The molecule has 274 valence electrons. The highest BCUT2D eigenvalue weighted by atomic mass is 32.2. The van der Waals surface area contributed by atoms with Crippen LogP contribution in [0.2, 0.25) is 0 Å². The van der Waals surface area contributed by atoms with Crippen LogP contribution in [-0.2, 0) is 25.6 Å². The maximum atomic E-state index is 13.8.